The van der Waals surface area contributed by atoms with Crippen molar-refractivity contribution in [2.24, 2.45) is 11.7 Å². The van der Waals surface area contributed by atoms with Crippen LogP contribution >= 0.6 is 0 Å². The van der Waals surface area contributed by atoms with Gasteiger partial charge in [-0.2, -0.15) is 0 Å². The highest BCUT2D eigenvalue weighted by Crippen LogP contribution is 2.28. The summed E-state index contributed by atoms with van der Waals surface area (Å²) in [7, 11) is 0. The Morgan fingerprint density at radius 3 is 2.08 bits per heavy atom. The maximum atomic E-state index is 14.6. The lowest BCUT2D eigenvalue weighted by Gasteiger charge is -2.33. The molecule has 0 radical (unpaired) electrons. The number of benzene rings is 3. The molecule has 1 saturated carbocycles. The molecule has 9 N–H and O–H groups in total. The van der Waals surface area contributed by atoms with Crippen LogP contribution in [0.4, 0.5) is 0 Å². The number of hydrogen-bond acceptors (Lipinski definition) is 8. The van der Waals surface area contributed by atoms with E-state index in [2.05, 4.69) is 31.6 Å². The van der Waals surface area contributed by atoms with Crippen molar-refractivity contribution in [1.82, 2.24) is 36.5 Å². The summed E-state index contributed by atoms with van der Waals surface area (Å²) in [6, 6.07) is 19.4. The molecule has 3 heterocycles. The second kappa shape index (κ2) is 21.3. The smallest absolute Gasteiger partial charge is 0.246 e. The average molecular weight is 861 g/mol. The van der Waals surface area contributed by atoms with Crippen molar-refractivity contribution in [1.29, 1.82) is 0 Å². The highest BCUT2D eigenvalue weighted by Gasteiger charge is 2.45. The van der Waals surface area contributed by atoms with E-state index in [1.165, 1.54) is 4.90 Å². The molecule has 2 saturated heterocycles. The lowest BCUT2D eigenvalue weighted by atomic mass is 9.84. The van der Waals surface area contributed by atoms with Crippen molar-refractivity contribution in [3.63, 3.8) is 0 Å². The third-order valence-electron chi connectivity index (χ3n) is 12.7. The summed E-state index contributed by atoms with van der Waals surface area (Å²) in [6.07, 6.45) is 6.46. The number of aliphatic hydroxyl groups excluding tert-OH is 1. The number of nitrogens with one attached hydrogen (secondary N) is 6. The van der Waals surface area contributed by atoms with E-state index in [9.17, 15) is 33.9 Å². The highest BCUT2D eigenvalue weighted by molar-refractivity contribution is 5.97. The first kappa shape index (κ1) is 45.0. The minimum Gasteiger partial charge on any atom is -0.390 e. The third kappa shape index (κ3) is 11.7. The molecule has 15 heteroatoms. The fraction of sp³-hybridized carbons (Fsp3) is 0.458. The van der Waals surface area contributed by atoms with E-state index in [1.54, 1.807) is 6.20 Å². The number of carbonyl (C=O) groups excluding carboxylic acids is 6. The molecular formula is C48H60N8O7. The van der Waals surface area contributed by atoms with Gasteiger partial charge in [0.05, 0.1) is 12.1 Å². The second-order valence-electron chi connectivity index (χ2n) is 17.3. The lowest BCUT2D eigenvalue weighted by Crippen LogP contribution is -2.61. The summed E-state index contributed by atoms with van der Waals surface area (Å²) >= 11 is 0. The van der Waals surface area contributed by atoms with Crippen molar-refractivity contribution < 1.29 is 33.9 Å². The van der Waals surface area contributed by atoms with Gasteiger partial charge in [0.15, 0.2) is 0 Å². The van der Waals surface area contributed by atoms with Crippen molar-refractivity contribution in [3.05, 3.63) is 108 Å². The van der Waals surface area contributed by atoms with E-state index in [1.807, 2.05) is 84.9 Å². The van der Waals surface area contributed by atoms with Gasteiger partial charge in [0.1, 0.15) is 30.2 Å². The molecule has 0 bridgehead atoms. The number of aliphatic hydroxyl groups is 1. The Labute approximate surface area is 367 Å². The van der Waals surface area contributed by atoms with Gasteiger partial charge in [-0.25, -0.2) is 0 Å². The number of carbonyl (C=O) groups is 6. The van der Waals surface area contributed by atoms with Gasteiger partial charge in [-0.05, 0) is 60.8 Å². The molecule has 4 aromatic rings. The minimum absolute atomic E-state index is 0.0325. The van der Waals surface area contributed by atoms with Crippen molar-refractivity contribution in [2.75, 3.05) is 13.1 Å². The van der Waals surface area contributed by atoms with E-state index < -0.39 is 77.8 Å². The predicted octanol–water partition coefficient (Wildman–Crippen LogP) is 2.30. The molecule has 0 unspecified atom stereocenters. The van der Waals surface area contributed by atoms with Crippen LogP contribution in [0.2, 0.25) is 0 Å². The summed E-state index contributed by atoms with van der Waals surface area (Å²) in [4.78, 5) is 90.2. The molecule has 3 aromatic carbocycles. The average Bonchev–Trinajstić information content (AvgIpc) is 3.89. The molecule has 63 heavy (non-hydrogen) atoms. The van der Waals surface area contributed by atoms with Gasteiger partial charge in [-0.3, -0.25) is 28.8 Å². The maximum Gasteiger partial charge on any atom is 0.246 e. The Morgan fingerprint density at radius 1 is 0.714 bits per heavy atom. The van der Waals surface area contributed by atoms with Crippen molar-refractivity contribution in [2.45, 2.75) is 119 Å². The van der Waals surface area contributed by atoms with Crippen molar-refractivity contribution in [3.8, 4) is 0 Å². The van der Waals surface area contributed by atoms with Gasteiger partial charge in [-0.15, -0.1) is 0 Å². The fourth-order valence-electron chi connectivity index (χ4n) is 9.26. The second-order valence-corrected chi connectivity index (χ2v) is 17.3. The summed E-state index contributed by atoms with van der Waals surface area (Å²) < 4.78 is 0. The number of para-hydroxylation sites is 1. The van der Waals surface area contributed by atoms with Crippen LogP contribution < -0.4 is 32.3 Å². The van der Waals surface area contributed by atoms with Crippen LogP contribution in [0.3, 0.4) is 0 Å². The van der Waals surface area contributed by atoms with Crippen LogP contribution in [-0.4, -0.2) is 106 Å². The summed E-state index contributed by atoms with van der Waals surface area (Å²) in [5.41, 5.74) is 9.62. The number of H-pyrrole nitrogens is 1. The molecule has 334 valence electrons. The number of nitrogens with two attached hydrogens (primary N) is 1. The summed E-state index contributed by atoms with van der Waals surface area (Å²) in [6.45, 7) is 0.116. The number of rotatable bonds is 10. The number of fused-ring (bicyclic) bond motifs is 2. The quantitative estimate of drug-likeness (QED) is 0.118. The molecule has 3 aliphatic rings. The van der Waals surface area contributed by atoms with Crippen LogP contribution in [0, 0.1) is 5.92 Å². The SMILES string of the molecule is N[C@@H](Cc1ccccc1)C(=O)N[C@H]1CCCNC(=O)[C@H](Cc2ccccc2)NC(=O)[C@H](Cc2c[nH]c3ccccc23)NC(=O)[C@@H](CC2CCCCC2)NC(=O)[C@@H]2[C@@H](O)CCN2C1=O. The normalized spacial score (nSPS) is 25.2. The van der Waals surface area contributed by atoms with Gasteiger partial charge in [0.2, 0.25) is 35.4 Å². The highest BCUT2D eigenvalue weighted by atomic mass is 16.3. The first-order valence-corrected chi connectivity index (χ1v) is 22.4. The standard InChI is InChI=1S/C48H60N8O7/c49-35(25-30-13-4-1-5-14-30)43(58)52-37-21-12-23-50-44(59)38(26-31-15-6-2-7-16-31)53-46(61)40(28-33-29-51-36-20-11-10-19-34(33)36)54-45(60)39(27-32-17-8-3-9-18-32)55-47(62)42-41(57)22-24-56(42)48(37)63/h1-2,4-7,10-11,13-16,19-20,29,32,35,37-42,51,57H,3,8-9,12,17-18,21-28,49H2,(H,50,59)(H,52,58)(H,53,61)(H,54,60)(H,55,62)/t35-,37-,38-,39+,40-,41-,42-/m0/s1. The number of nitrogens with zero attached hydrogens (tertiary/aromatic N) is 1. The molecule has 15 nitrogen and oxygen atoms in total. The van der Waals surface area contributed by atoms with Gasteiger partial charge < -0.3 is 47.3 Å². The van der Waals surface area contributed by atoms with Gasteiger partial charge in [0, 0.05) is 43.0 Å². The first-order chi connectivity index (χ1) is 30.5. The molecule has 7 atom stereocenters. The van der Waals surface area contributed by atoms with Crippen LogP contribution in [0.1, 0.15) is 74.5 Å². The van der Waals surface area contributed by atoms with E-state index in [-0.39, 0.29) is 64.0 Å². The lowest BCUT2D eigenvalue weighted by molar-refractivity contribution is -0.144. The topological polar surface area (TPSA) is 228 Å². The third-order valence-corrected chi connectivity index (χ3v) is 12.7. The number of aromatic amines is 1. The zero-order valence-electron chi connectivity index (χ0n) is 35.6. The Hall–Kier alpha value is -6.06. The Morgan fingerprint density at radius 2 is 1.35 bits per heavy atom. The molecule has 2 aliphatic heterocycles. The number of amides is 6. The number of aromatic nitrogens is 1. The first-order valence-electron chi connectivity index (χ1n) is 22.4. The largest absolute Gasteiger partial charge is 0.390 e. The Kier molecular flexibility index (Phi) is 15.2. The van der Waals surface area contributed by atoms with E-state index in [0.29, 0.717) is 0 Å². The zero-order valence-corrected chi connectivity index (χ0v) is 35.6. The molecule has 3 fully saturated rings. The van der Waals surface area contributed by atoms with Gasteiger partial charge >= 0.3 is 0 Å². The van der Waals surface area contributed by atoms with E-state index in [4.69, 9.17) is 5.73 Å². The van der Waals surface area contributed by atoms with Crippen LogP contribution in [-0.2, 0) is 48.0 Å². The molecule has 1 aliphatic carbocycles. The van der Waals surface area contributed by atoms with E-state index >= 15 is 0 Å². The van der Waals surface area contributed by atoms with Gasteiger partial charge in [0.25, 0.3) is 0 Å². The Bertz CT molecular complexity index is 2210. The minimum atomic E-state index is -1.35. The molecular weight excluding hydrogens is 801 g/mol. The number of hydrogen-bond donors (Lipinski definition) is 8. The fourth-order valence-corrected chi connectivity index (χ4v) is 9.26. The zero-order chi connectivity index (χ0) is 44.3. The molecule has 0 spiro atoms. The summed E-state index contributed by atoms with van der Waals surface area (Å²) in [5, 5.41) is 26.7. The summed E-state index contributed by atoms with van der Waals surface area (Å²) in [5.74, 6) is -3.38. The monoisotopic (exact) mass is 860 g/mol. The predicted molar refractivity (Wildman–Crippen MR) is 238 cm³/mol. The molecule has 6 amide bonds. The van der Waals surface area contributed by atoms with E-state index in [0.717, 1.165) is 59.7 Å². The Balaban J connectivity index is 1.20. The molecule has 1 aromatic heterocycles. The van der Waals surface area contributed by atoms with Crippen LogP contribution in [0.5, 0.6) is 0 Å². The van der Waals surface area contributed by atoms with Crippen molar-refractivity contribution >= 4 is 46.3 Å². The van der Waals surface area contributed by atoms with Crippen LogP contribution in [0.15, 0.2) is 91.1 Å². The molecule has 7 rings (SSSR count). The maximum absolute atomic E-state index is 14.6. The van der Waals surface area contributed by atoms with Crippen LogP contribution in [0.25, 0.3) is 10.9 Å². The van der Waals surface area contributed by atoms with Gasteiger partial charge in [-0.1, -0.05) is 111 Å².